The standard InChI is InChI=1S/C35H42N2O5/c1-35(2,3)30-20-15-28(16-21-30)24-41-32-10-6-5-9-29(32)19-14-26(8-4-7-11-33(38)39)12-13-27-17-22-31(23-18-27)37-25-42-34(40)36-37/h5-6,9-10,14-23,26H,4,7-8,11-13,24-25H2,1-3H3,(H,36,40)(H,38,39). The van der Waals surface area contributed by atoms with Crippen molar-refractivity contribution in [1.29, 1.82) is 0 Å². The van der Waals surface area contributed by atoms with Crippen molar-refractivity contribution in [2.24, 2.45) is 5.92 Å². The van der Waals surface area contributed by atoms with Gasteiger partial charge in [0.2, 0.25) is 0 Å². The summed E-state index contributed by atoms with van der Waals surface area (Å²) in [6, 6.07) is 24.8. The summed E-state index contributed by atoms with van der Waals surface area (Å²) in [6.45, 7) is 7.32. The van der Waals surface area contributed by atoms with Crippen LogP contribution in [0.25, 0.3) is 6.08 Å². The molecule has 1 saturated heterocycles. The van der Waals surface area contributed by atoms with Gasteiger partial charge in [0.05, 0.1) is 5.69 Å². The van der Waals surface area contributed by atoms with Gasteiger partial charge < -0.3 is 14.6 Å². The smallest absolute Gasteiger partial charge is 0.428 e. The lowest BCUT2D eigenvalue weighted by atomic mass is 9.87. The highest BCUT2D eigenvalue weighted by Gasteiger charge is 2.19. The Kier molecular flexibility index (Phi) is 10.7. The third kappa shape index (κ3) is 9.40. The number of carboxylic acids is 1. The molecule has 0 bridgehead atoms. The first-order valence-electron chi connectivity index (χ1n) is 14.7. The van der Waals surface area contributed by atoms with Crippen LogP contribution < -0.4 is 15.2 Å². The van der Waals surface area contributed by atoms with Gasteiger partial charge in [0.1, 0.15) is 12.4 Å². The number of anilines is 1. The SMILES string of the molecule is CC(C)(C)c1ccc(COc2ccccc2C=CC(CCCCC(=O)O)CCc2ccc(N3COC(=O)N3)cc2)cc1. The highest BCUT2D eigenvalue weighted by atomic mass is 16.6. The summed E-state index contributed by atoms with van der Waals surface area (Å²) in [5.41, 5.74) is 8.30. The number of allylic oxidation sites excluding steroid dienone is 1. The fraction of sp³-hybridized carbons (Fsp3) is 0.371. The van der Waals surface area contributed by atoms with E-state index in [1.807, 2.05) is 30.3 Å². The summed E-state index contributed by atoms with van der Waals surface area (Å²) < 4.78 is 11.2. The Morgan fingerprint density at radius 1 is 1.00 bits per heavy atom. The molecule has 1 atom stereocenters. The Labute approximate surface area is 249 Å². The Hall–Kier alpha value is -4.26. The lowest BCUT2D eigenvalue weighted by molar-refractivity contribution is -0.137. The van der Waals surface area contributed by atoms with Crippen LogP contribution in [0.15, 0.2) is 78.9 Å². The fourth-order valence-corrected chi connectivity index (χ4v) is 4.90. The Bertz CT molecular complexity index is 1340. The van der Waals surface area contributed by atoms with E-state index in [1.54, 1.807) is 5.01 Å². The first-order valence-corrected chi connectivity index (χ1v) is 14.7. The number of rotatable bonds is 14. The third-order valence-corrected chi connectivity index (χ3v) is 7.50. The second-order valence-corrected chi connectivity index (χ2v) is 11.8. The lowest BCUT2D eigenvalue weighted by Crippen LogP contribution is -2.32. The largest absolute Gasteiger partial charge is 0.488 e. The van der Waals surface area contributed by atoms with Crippen LogP contribution in [-0.2, 0) is 28.0 Å². The number of para-hydroxylation sites is 1. The molecule has 1 unspecified atom stereocenters. The molecule has 1 aliphatic heterocycles. The number of ether oxygens (including phenoxy) is 2. The van der Waals surface area contributed by atoms with Gasteiger partial charge in [-0.15, -0.1) is 0 Å². The minimum atomic E-state index is -0.749. The zero-order chi connectivity index (χ0) is 30.0. The van der Waals surface area contributed by atoms with Crippen LogP contribution >= 0.6 is 0 Å². The quantitative estimate of drug-likeness (QED) is 0.192. The molecule has 1 fully saturated rings. The number of carbonyl (C=O) groups is 2. The van der Waals surface area contributed by atoms with E-state index in [2.05, 4.69) is 80.8 Å². The van der Waals surface area contributed by atoms with Crippen molar-refractivity contribution < 1.29 is 24.2 Å². The molecule has 0 spiro atoms. The number of carbonyl (C=O) groups excluding carboxylic acids is 1. The van der Waals surface area contributed by atoms with Crippen LogP contribution in [0.4, 0.5) is 10.5 Å². The molecule has 1 amide bonds. The lowest BCUT2D eigenvalue weighted by Gasteiger charge is -2.19. The summed E-state index contributed by atoms with van der Waals surface area (Å²) in [7, 11) is 0. The molecule has 42 heavy (non-hydrogen) atoms. The summed E-state index contributed by atoms with van der Waals surface area (Å²) in [6.07, 6.45) is 8.41. The highest BCUT2D eigenvalue weighted by Crippen LogP contribution is 2.26. The number of cyclic esters (lactones) is 1. The van der Waals surface area contributed by atoms with Crippen molar-refractivity contribution in [2.75, 3.05) is 11.7 Å². The van der Waals surface area contributed by atoms with Crippen molar-refractivity contribution in [3.8, 4) is 5.75 Å². The highest BCUT2D eigenvalue weighted by molar-refractivity contribution is 5.73. The number of aliphatic carboxylic acids is 1. The topological polar surface area (TPSA) is 88.1 Å². The molecule has 1 aliphatic rings. The van der Waals surface area contributed by atoms with Gasteiger partial charge in [-0.2, -0.15) is 0 Å². The predicted molar refractivity (Wildman–Crippen MR) is 166 cm³/mol. The van der Waals surface area contributed by atoms with Crippen molar-refractivity contribution in [3.05, 3.63) is 101 Å². The van der Waals surface area contributed by atoms with Gasteiger partial charge in [-0.25, -0.2) is 15.2 Å². The van der Waals surface area contributed by atoms with Crippen molar-refractivity contribution in [1.82, 2.24) is 5.43 Å². The molecular weight excluding hydrogens is 528 g/mol. The first kappa shape index (κ1) is 30.7. The maximum Gasteiger partial charge on any atom is 0.428 e. The molecule has 1 heterocycles. The van der Waals surface area contributed by atoms with Gasteiger partial charge >= 0.3 is 12.1 Å². The first-order chi connectivity index (χ1) is 20.2. The van der Waals surface area contributed by atoms with Crippen LogP contribution in [-0.4, -0.2) is 23.9 Å². The normalized spacial score (nSPS) is 14.1. The van der Waals surface area contributed by atoms with E-state index in [4.69, 9.17) is 14.6 Å². The van der Waals surface area contributed by atoms with E-state index in [9.17, 15) is 9.59 Å². The number of hydrogen-bond acceptors (Lipinski definition) is 5. The molecular formula is C35H42N2O5. The van der Waals surface area contributed by atoms with Crippen molar-refractivity contribution in [3.63, 3.8) is 0 Å². The maximum atomic E-state index is 11.3. The zero-order valence-electron chi connectivity index (χ0n) is 24.8. The number of benzene rings is 3. The molecule has 2 N–H and O–H groups in total. The zero-order valence-corrected chi connectivity index (χ0v) is 24.8. The van der Waals surface area contributed by atoms with Gasteiger partial charge in [-0.05, 0) is 71.9 Å². The number of hydrogen-bond donors (Lipinski definition) is 2. The molecule has 222 valence electrons. The van der Waals surface area contributed by atoms with Gasteiger partial charge in [-0.1, -0.05) is 93.9 Å². The van der Waals surface area contributed by atoms with Gasteiger partial charge in [-0.3, -0.25) is 4.79 Å². The van der Waals surface area contributed by atoms with Crippen LogP contribution in [0.5, 0.6) is 5.75 Å². The van der Waals surface area contributed by atoms with Gasteiger partial charge in [0.15, 0.2) is 6.73 Å². The van der Waals surface area contributed by atoms with Crippen LogP contribution in [0, 0.1) is 5.92 Å². The van der Waals surface area contributed by atoms with Crippen molar-refractivity contribution >= 4 is 23.8 Å². The number of aryl methyl sites for hydroxylation is 1. The number of unbranched alkanes of at least 4 members (excludes halogenated alkanes) is 1. The minimum Gasteiger partial charge on any atom is -0.488 e. The van der Waals surface area contributed by atoms with E-state index in [0.29, 0.717) is 18.9 Å². The fourth-order valence-electron chi connectivity index (χ4n) is 4.90. The van der Waals surface area contributed by atoms with E-state index in [0.717, 1.165) is 48.2 Å². The number of carboxylic acid groups (broad SMARTS) is 1. The summed E-state index contributed by atoms with van der Waals surface area (Å²) in [4.78, 5) is 22.3. The second kappa shape index (κ2) is 14.6. The molecule has 3 aromatic rings. The average molecular weight is 571 g/mol. The second-order valence-electron chi connectivity index (χ2n) is 11.8. The molecule has 0 radical (unpaired) electrons. The summed E-state index contributed by atoms with van der Waals surface area (Å²) in [5, 5.41) is 10.7. The molecule has 7 nitrogen and oxygen atoms in total. The van der Waals surface area contributed by atoms with Crippen LogP contribution in [0.2, 0.25) is 0 Å². The monoisotopic (exact) mass is 570 g/mol. The Balaban J connectivity index is 1.38. The average Bonchev–Trinajstić information content (AvgIpc) is 3.41. The van der Waals surface area contributed by atoms with E-state index >= 15 is 0 Å². The number of nitrogens with zero attached hydrogens (tertiary/aromatic N) is 1. The van der Waals surface area contributed by atoms with E-state index in [1.165, 1.54) is 11.1 Å². The number of hydrazine groups is 1. The van der Waals surface area contributed by atoms with Crippen LogP contribution in [0.3, 0.4) is 0 Å². The molecule has 0 aromatic heterocycles. The Morgan fingerprint density at radius 3 is 2.38 bits per heavy atom. The molecule has 4 rings (SSSR count). The third-order valence-electron chi connectivity index (χ3n) is 7.50. The molecule has 0 aliphatic carbocycles. The molecule has 0 saturated carbocycles. The Morgan fingerprint density at radius 2 is 1.71 bits per heavy atom. The van der Waals surface area contributed by atoms with Gasteiger partial charge in [0.25, 0.3) is 0 Å². The molecule has 3 aromatic carbocycles. The number of nitrogens with one attached hydrogen (secondary N) is 1. The van der Waals surface area contributed by atoms with Crippen molar-refractivity contribution in [2.45, 2.75) is 71.3 Å². The van der Waals surface area contributed by atoms with E-state index in [-0.39, 0.29) is 18.6 Å². The minimum absolute atomic E-state index is 0.118. The predicted octanol–water partition coefficient (Wildman–Crippen LogP) is 7.89. The molecule has 7 heteroatoms. The van der Waals surface area contributed by atoms with E-state index < -0.39 is 12.1 Å². The maximum absolute atomic E-state index is 11.3. The number of amides is 1. The summed E-state index contributed by atoms with van der Waals surface area (Å²) >= 11 is 0. The van der Waals surface area contributed by atoms with Gasteiger partial charge in [0, 0.05) is 12.0 Å². The van der Waals surface area contributed by atoms with Crippen LogP contribution in [0.1, 0.15) is 75.1 Å². The summed E-state index contributed by atoms with van der Waals surface area (Å²) in [5.74, 6) is 0.385.